The molecular weight excluding hydrogens is 200 g/mol. The second-order valence-corrected chi connectivity index (χ2v) is 4.71. The number of aliphatic hydroxyl groups excluding tert-OH is 1. The topological polar surface area (TPSA) is 40.5 Å². The maximum Gasteiger partial charge on any atom is 0.120 e. The summed E-state index contributed by atoms with van der Waals surface area (Å²) in [6.45, 7) is 3.98. The molecule has 1 rings (SSSR count). The first-order valence-corrected chi connectivity index (χ1v) is 4.91. The van der Waals surface area contributed by atoms with Crippen molar-refractivity contribution in [3.05, 3.63) is 28.8 Å². The van der Waals surface area contributed by atoms with Crippen LogP contribution in [0.3, 0.4) is 0 Å². The minimum atomic E-state index is -0.217. The Labute approximate surface area is 89.1 Å². The summed E-state index contributed by atoms with van der Waals surface area (Å²) in [5.41, 5.74) is 0.596. The molecule has 0 aliphatic heterocycles. The van der Waals surface area contributed by atoms with Crippen molar-refractivity contribution in [1.82, 2.24) is 0 Å². The molecule has 0 spiro atoms. The van der Waals surface area contributed by atoms with Crippen molar-refractivity contribution in [2.24, 2.45) is 5.41 Å². The van der Waals surface area contributed by atoms with Gasteiger partial charge in [-0.05, 0) is 29.5 Å². The van der Waals surface area contributed by atoms with Crippen molar-refractivity contribution < 1.29 is 10.2 Å². The van der Waals surface area contributed by atoms with E-state index in [-0.39, 0.29) is 17.8 Å². The minimum Gasteiger partial charge on any atom is -0.508 e. The highest BCUT2D eigenvalue weighted by atomic mass is 35.5. The van der Waals surface area contributed by atoms with Gasteiger partial charge in [-0.25, -0.2) is 0 Å². The molecule has 0 amide bonds. The van der Waals surface area contributed by atoms with E-state index in [1.165, 1.54) is 6.07 Å². The molecule has 0 atom stereocenters. The van der Waals surface area contributed by atoms with Crippen LogP contribution in [0.4, 0.5) is 0 Å². The normalized spacial score (nSPS) is 11.7. The number of hydrogen-bond donors (Lipinski definition) is 2. The first-order valence-electron chi connectivity index (χ1n) is 4.53. The van der Waals surface area contributed by atoms with E-state index in [9.17, 15) is 5.11 Å². The lowest BCUT2D eigenvalue weighted by atomic mass is 9.86. The van der Waals surface area contributed by atoms with Crippen LogP contribution in [0, 0.1) is 5.41 Å². The van der Waals surface area contributed by atoms with Crippen molar-refractivity contribution >= 4 is 11.6 Å². The summed E-state index contributed by atoms with van der Waals surface area (Å²) in [5.74, 6) is 0.194. The van der Waals surface area contributed by atoms with Crippen molar-refractivity contribution in [2.45, 2.75) is 20.3 Å². The van der Waals surface area contributed by atoms with Gasteiger partial charge in [-0.2, -0.15) is 0 Å². The zero-order valence-electron chi connectivity index (χ0n) is 8.42. The molecule has 2 N–H and O–H groups in total. The predicted molar refractivity (Wildman–Crippen MR) is 57.7 cm³/mol. The highest BCUT2D eigenvalue weighted by molar-refractivity contribution is 6.30. The average molecular weight is 215 g/mol. The third-order valence-corrected chi connectivity index (χ3v) is 2.38. The van der Waals surface area contributed by atoms with E-state index < -0.39 is 0 Å². The molecule has 0 radical (unpaired) electrons. The zero-order valence-corrected chi connectivity index (χ0v) is 9.17. The number of halogens is 1. The molecule has 0 heterocycles. The zero-order chi connectivity index (χ0) is 10.8. The fourth-order valence-electron chi connectivity index (χ4n) is 1.26. The van der Waals surface area contributed by atoms with Crippen LogP contribution in [0.25, 0.3) is 0 Å². The summed E-state index contributed by atoms with van der Waals surface area (Å²) in [7, 11) is 0. The monoisotopic (exact) mass is 214 g/mol. The van der Waals surface area contributed by atoms with Crippen molar-refractivity contribution in [3.8, 4) is 5.75 Å². The molecule has 2 nitrogen and oxygen atoms in total. The van der Waals surface area contributed by atoms with Gasteiger partial charge in [0.15, 0.2) is 0 Å². The molecule has 0 unspecified atom stereocenters. The quantitative estimate of drug-likeness (QED) is 0.812. The number of aromatic hydroxyl groups is 1. The summed E-state index contributed by atoms with van der Waals surface area (Å²) >= 11 is 5.71. The van der Waals surface area contributed by atoms with E-state index in [1.54, 1.807) is 12.1 Å². The van der Waals surface area contributed by atoms with Crippen molar-refractivity contribution in [3.63, 3.8) is 0 Å². The van der Waals surface area contributed by atoms with Gasteiger partial charge in [-0.3, -0.25) is 0 Å². The van der Waals surface area contributed by atoms with Gasteiger partial charge in [0.1, 0.15) is 5.75 Å². The van der Waals surface area contributed by atoms with E-state index in [0.29, 0.717) is 11.4 Å². The van der Waals surface area contributed by atoms with Crippen LogP contribution in [-0.4, -0.2) is 16.8 Å². The van der Waals surface area contributed by atoms with E-state index in [2.05, 4.69) is 0 Å². The largest absolute Gasteiger partial charge is 0.508 e. The molecule has 0 aromatic heterocycles. The second kappa shape index (κ2) is 4.20. The van der Waals surface area contributed by atoms with Gasteiger partial charge in [-0.1, -0.05) is 31.5 Å². The van der Waals surface area contributed by atoms with Gasteiger partial charge in [0.2, 0.25) is 0 Å². The lowest BCUT2D eigenvalue weighted by Gasteiger charge is -2.21. The Hall–Kier alpha value is -0.730. The van der Waals surface area contributed by atoms with Crippen LogP contribution in [-0.2, 0) is 6.42 Å². The first kappa shape index (κ1) is 11.3. The molecule has 14 heavy (non-hydrogen) atoms. The number of benzene rings is 1. The SMILES string of the molecule is CC(C)(CO)Cc1ccc(Cl)cc1O. The fraction of sp³-hybridized carbons (Fsp3) is 0.455. The fourth-order valence-corrected chi connectivity index (χ4v) is 1.42. The molecule has 0 aliphatic rings. The second-order valence-electron chi connectivity index (χ2n) is 4.27. The Morgan fingerprint density at radius 1 is 1.36 bits per heavy atom. The number of rotatable bonds is 3. The van der Waals surface area contributed by atoms with Crippen LogP contribution in [0.15, 0.2) is 18.2 Å². The maximum absolute atomic E-state index is 9.58. The van der Waals surface area contributed by atoms with Crippen LogP contribution in [0.5, 0.6) is 5.75 Å². The molecular formula is C11H15ClO2. The van der Waals surface area contributed by atoms with Crippen molar-refractivity contribution in [1.29, 1.82) is 0 Å². The summed E-state index contributed by atoms with van der Waals surface area (Å²) in [5, 5.41) is 19.2. The smallest absolute Gasteiger partial charge is 0.120 e. The minimum absolute atomic E-state index is 0.0923. The molecule has 1 aromatic carbocycles. The molecule has 0 fully saturated rings. The number of phenolic OH excluding ortho intramolecular Hbond substituents is 1. The van der Waals surface area contributed by atoms with Gasteiger partial charge >= 0.3 is 0 Å². The molecule has 3 heteroatoms. The Kier molecular flexibility index (Phi) is 3.40. The lowest BCUT2D eigenvalue weighted by molar-refractivity contribution is 0.159. The third kappa shape index (κ3) is 2.89. The molecule has 0 bridgehead atoms. The summed E-state index contributed by atoms with van der Waals surface area (Å²) in [4.78, 5) is 0. The highest BCUT2D eigenvalue weighted by Gasteiger charge is 2.18. The maximum atomic E-state index is 9.58. The van der Waals surface area contributed by atoms with Crippen LogP contribution in [0.1, 0.15) is 19.4 Å². The summed E-state index contributed by atoms with van der Waals surface area (Å²) in [6, 6.07) is 5.05. The van der Waals surface area contributed by atoms with Gasteiger partial charge in [-0.15, -0.1) is 0 Å². The van der Waals surface area contributed by atoms with E-state index in [4.69, 9.17) is 16.7 Å². The third-order valence-electron chi connectivity index (χ3n) is 2.14. The van der Waals surface area contributed by atoms with Gasteiger partial charge in [0.25, 0.3) is 0 Å². The standard InChI is InChI=1S/C11H15ClO2/c1-11(2,7-13)6-8-3-4-9(12)5-10(8)14/h3-5,13-14H,6-7H2,1-2H3. The van der Waals surface area contributed by atoms with Crippen LogP contribution >= 0.6 is 11.6 Å². The predicted octanol–water partition coefficient (Wildman–Crippen LogP) is 2.61. The Bertz CT molecular complexity index is 321. The van der Waals surface area contributed by atoms with Gasteiger partial charge in [0.05, 0.1) is 0 Å². The number of aliphatic hydroxyl groups is 1. The Balaban J connectivity index is 2.87. The van der Waals surface area contributed by atoms with E-state index in [0.717, 1.165) is 5.56 Å². The Morgan fingerprint density at radius 2 is 2.00 bits per heavy atom. The van der Waals surface area contributed by atoms with E-state index >= 15 is 0 Å². The van der Waals surface area contributed by atoms with E-state index in [1.807, 2.05) is 13.8 Å². The molecule has 0 aliphatic carbocycles. The first-order chi connectivity index (χ1) is 6.44. The Morgan fingerprint density at radius 3 is 2.50 bits per heavy atom. The number of hydrogen-bond acceptors (Lipinski definition) is 2. The molecule has 0 saturated carbocycles. The van der Waals surface area contributed by atoms with Gasteiger partial charge < -0.3 is 10.2 Å². The van der Waals surface area contributed by atoms with Crippen molar-refractivity contribution in [2.75, 3.05) is 6.61 Å². The average Bonchev–Trinajstić information content (AvgIpc) is 2.10. The van der Waals surface area contributed by atoms with Crippen LogP contribution < -0.4 is 0 Å². The molecule has 0 saturated heterocycles. The lowest BCUT2D eigenvalue weighted by Crippen LogP contribution is -2.19. The molecule has 78 valence electrons. The molecule has 1 aromatic rings. The highest BCUT2D eigenvalue weighted by Crippen LogP contribution is 2.28. The number of phenols is 1. The van der Waals surface area contributed by atoms with Crippen LogP contribution in [0.2, 0.25) is 5.02 Å². The summed E-state index contributed by atoms with van der Waals surface area (Å²) < 4.78 is 0. The summed E-state index contributed by atoms with van der Waals surface area (Å²) in [6.07, 6.45) is 0.631. The van der Waals surface area contributed by atoms with Gasteiger partial charge in [0, 0.05) is 11.6 Å².